The zero-order chi connectivity index (χ0) is 13.0. The molecule has 0 aliphatic heterocycles. The molecule has 94 valence electrons. The van der Waals surface area contributed by atoms with Crippen LogP contribution in [0, 0.1) is 10.8 Å². The van der Waals surface area contributed by atoms with Crippen LogP contribution in [-0.4, -0.2) is 16.0 Å². The molecule has 1 aliphatic carbocycles. The first kappa shape index (κ1) is 11.5. The number of nitrogens with one attached hydrogen (secondary N) is 1. The average Bonchev–Trinajstić information content (AvgIpc) is 2.72. The third-order valence-electron chi connectivity index (χ3n) is 4.78. The number of hydrogen-bond donors (Lipinski definition) is 1. The Balaban J connectivity index is 1.89. The lowest BCUT2D eigenvalue weighted by molar-refractivity contribution is 0.457. The van der Waals surface area contributed by atoms with E-state index in [4.69, 9.17) is 0 Å². The molecule has 3 nitrogen and oxygen atoms in total. The topological polar surface area (TPSA) is 37.8 Å². The van der Waals surface area contributed by atoms with Gasteiger partial charge in [-0.25, -0.2) is 9.97 Å². The zero-order valence-corrected chi connectivity index (χ0v) is 11.4. The highest BCUT2D eigenvalue weighted by atomic mass is 15.2. The predicted octanol–water partition coefficient (Wildman–Crippen LogP) is 3.48. The second kappa shape index (κ2) is 3.44. The molecule has 0 saturated heterocycles. The van der Waals surface area contributed by atoms with Gasteiger partial charge in [-0.15, -0.1) is 0 Å². The average molecular weight is 241 g/mol. The molecule has 0 spiro atoms. The second-order valence-corrected chi connectivity index (χ2v) is 6.27. The molecular weight excluding hydrogens is 222 g/mol. The fourth-order valence-electron chi connectivity index (χ4n) is 2.73. The Hall–Kier alpha value is -1.64. The van der Waals surface area contributed by atoms with Crippen molar-refractivity contribution in [3.63, 3.8) is 0 Å². The first-order chi connectivity index (χ1) is 8.43. The number of benzene rings is 1. The highest BCUT2D eigenvalue weighted by molar-refractivity contribution is 5.78. The van der Waals surface area contributed by atoms with Gasteiger partial charge in [0.2, 0.25) is 5.95 Å². The molecule has 1 aromatic carbocycles. The number of nitrogens with zero attached hydrogens (tertiary/aromatic N) is 2. The van der Waals surface area contributed by atoms with Crippen LogP contribution in [0.4, 0.5) is 5.95 Å². The van der Waals surface area contributed by atoms with Gasteiger partial charge < -0.3 is 5.32 Å². The van der Waals surface area contributed by atoms with Crippen LogP contribution in [0.25, 0.3) is 10.9 Å². The van der Waals surface area contributed by atoms with E-state index in [9.17, 15) is 0 Å². The Kier molecular flexibility index (Phi) is 2.19. The first-order valence-electron chi connectivity index (χ1n) is 6.41. The maximum Gasteiger partial charge on any atom is 0.223 e. The van der Waals surface area contributed by atoms with E-state index in [2.05, 4.69) is 43.0 Å². The molecule has 1 saturated carbocycles. The summed E-state index contributed by atoms with van der Waals surface area (Å²) in [4.78, 5) is 8.96. The zero-order valence-electron chi connectivity index (χ0n) is 11.4. The van der Waals surface area contributed by atoms with E-state index >= 15 is 0 Å². The Labute approximate surface area is 108 Å². The minimum absolute atomic E-state index is 0.294. The molecule has 3 heteroatoms. The number of hydrogen-bond acceptors (Lipinski definition) is 3. The smallest absolute Gasteiger partial charge is 0.223 e. The van der Waals surface area contributed by atoms with Crippen LogP contribution in [0.5, 0.6) is 0 Å². The highest BCUT2D eigenvalue weighted by Crippen LogP contribution is 2.63. The minimum atomic E-state index is 0.294. The van der Waals surface area contributed by atoms with E-state index in [1.165, 1.54) is 0 Å². The molecule has 3 rings (SSSR count). The quantitative estimate of drug-likeness (QED) is 0.874. The lowest BCUT2D eigenvalue weighted by Gasteiger charge is -2.07. The van der Waals surface area contributed by atoms with Crippen molar-refractivity contribution in [2.75, 3.05) is 5.32 Å². The molecule has 0 radical (unpaired) electrons. The largest absolute Gasteiger partial charge is 0.350 e. The van der Waals surface area contributed by atoms with Gasteiger partial charge in [-0.1, -0.05) is 45.9 Å². The summed E-state index contributed by atoms with van der Waals surface area (Å²) in [5.74, 6) is 0.734. The Morgan fingerprint density at radius 3 is 2.39 bits per heavy atom. The van der Waals surface area contributed by atoms with Gasteiger partial charge in [0.05, 0.1) is 5.52 Å². The fraction of sp³-hybridized carbons (Fsp3) is 0.467. The summed E-state index contributed by atoms with van der Waals surface area (Å²) in [5, 5.41) is 4.55. The molecule has 1 fully saturated rings. The predicted molar refractivity (Wildman–Crippen MR) is 74.5 cm³/mol. The normalized spacial score (nSPS) is 20.9. The molecular formula is C15H19N3. The van der Waals surface area contributed by atoms with Crippen LogP contribution in [-0.2, 0) is 0 Å². The van der Waals surface area contributed by atoms with Gasteiger partial charge in [0.25, 0.3) is 0 Å². The molecule has 18 heavy (non-hydrogen) atoms. The van der Waals surface area contributed by atoms with Gasteiger partial charge in [0, 0.05) is 17.6 Å². The molecule has 0 bridgehead atoms. The van der Waals surface area contributed by atoms with Crippen molar-refractivity contribution in [2.24, 2.45) is 10.8 Å². The lowest BCUT2D eigenvalue weighted by Crippen LogP contribution is -2.12. The van der Waals surface area contributed by atoms with Crippen LogP contribution in [0.2, 0.25) is 0 Å². The standard InChI is InChI=1S/C15H19N3/c1-14(2)12(15(14,3)4)18-13-16-9-10-7-5-6-8-11(10)17-13/h5-9,12H,1-4H3,(H,16,17,18). The van der Waals surface area contributed by atoms with Crippen molar-refractivity contribution in [1.29, 1.82) is 0 Å². The van der Waals surface area contributed by atoms with Gasteiger partial charge in [-0.05, 0) is 16.9 Å². The van der Waals surface area contributed by atoms with Gasteiger partial charge in [0.15, 0.2) is 0 Å². The van der Waals surface area contributed by atoms with E-state index in [1.54, 1.807) is 0 Å². The lowest BCUT2D eigenvalue weighted by atomic mass is 10.0. The van der Waals surface area contributed by atoms with E-state index in [-0.39, 0.29) is 0 Å². The Morgan fingerprint density at radius 2 is 1.72 bits per heavy atom. The second-order valence-electron chi connectivity index (χ2n) is 6.27. The van der Waals surface area contributed by atoms with Gasteiger partial charge >= 0.3 is 0 Å². The highest BCUT2D eigenvalue weighted by Gasteiger charge is 2.65. The molecule has 1 aliphatic rings. The van der Waals surface area contributed by atoms with Crippen LogP contribution < -0.4 is 5.32 Å². The maximum atomic E-state index is 4.56. The van der Waals surface area contributed by atoms with Gasteiger partial charge in [-0.2, -0.15) is 0 Å². The van der Waals surface area contributed by atoms with Crippen LogP contribution in [0.3, 0.4) is 0 Å². The minimum Gasteiger partial charge on any atom is -0.350 e. The van der Waals surface area contributed by atoms with E-state index in [1.807, 2.05) is 30.5 Å². The van der Waals surface area contributed by atoms with E-state index in [0.717, 1.165) is 16.9 Å². The summed E-state index contributed by atoms with van der Waals surface area (Å²) >= 11 is 0. The summed E-state index contributed by atoms with van der Waals surface area (Å²) < 4.78 is 0. The molecule has 1 N–H and O–H groups in total. The van der Waals surface area contributed by atoms with Crippen molar-refractivity contribution in [3.8, 4) is 0 Å². The number of aromatic nitrogens is 2. The van der Waals surface area contributed by atoms with E-state index < -0.39 is 0 Å². The van der Waals surface area contributed by atoms with Crippen LogP contribution >= 0.6 is 0 Å². The summed E-state index contributed by atoms with van der Waals surface area (Å²) in [5.41, 5.74) is 1.58. The molecule has 2 aromatic rings. The third-order valence-corrected chi connectivity index (χ3v) is 4.78. The number of rotatable bonds is 2. The first-order valence-corrected chi connectivity index (χ1v) is 6.41. The van der Waals surface area contributed by atoms with Crippen LogP contribution in [0.1, 0.15) is 27.7 Å². The van der Waals surface area contributed by atoms with Crippen molar-refractivity contribution in [1.82, 2.24) is 9.97 Å². The number of para-hydroxylation sites is 1. The molecule has 0 atom stereocenters. The summed E-state index contributed by atoms with van der Waals surface area (Å²) in [7, 11) is 0. The molecule has 0 amide bonds. The number of anilines is 1. The molecule has 1 heterocycles. The summed E-state index contributed by atoms with van der Waals surface area (Å²) in [6.45, 7) is 9.13. The number of fused-ring (bicyclic) bond motifs is 1. The fourth-order valence-corrected chi connectivity index (χ4v) is 2.73. The molecule has 1 aromatic heterocycles. The summed E-state index contributed by atoms with van der Waals surface area (Å²) in [6, 6.07) is 8.50. The Bertz CT molecular complexity index is 587. The summed E-state index contributed by atoms with van der Waals surface area (Å²) in [6.07, 6.45) is 1.88. The van der Waals surface area contributed by atoms with Gasteiger partial charge in [0.1, 0.15) is 0 Å². The maximum absolute atomic E-state index is 4.56. The molecule has 0 unspecified atom stereocenters. The van der Waals surface area contributed by atoms with Crippen LogP contribution in [0.15, 0.2) is 30.5 Å². The SMILES string of the molecule is CC1(C)C(Nc2ncc3ccccc3n2)C1(C)C. The Morgan fingerprint density at radius 1 is 1.06 bits per heavy atom. The van der Waals surface area contributed by atoms with Crippen molar-refractivity contribution in [3.05, 3.63) is 30.5 Å². The monoisotopic (exact) mass is 241 g/mol. The van der Waals surface area contributed by atoms with Crippen molar-refractivity contribution < 1.29 is 0 Å². The van der Waals surface area contributed by atoms with Crippen molar-refractivity contribution >= 4 is 16.9 Å². The van der Waals surface area contributed by atoms with Gasteiger partial charge in [-0.3, -0.25) is 0 Å². The van der Waals surface area contributed by atoms with Crippen molar-refractivity contribution in [2.45, 2.75) is 33.7 Å². The third kappa shape index (κ3) is 1.50. The van der Waals surface area contributed by atoms with E-state index in [0.29, 0.717) is 16.9 Å².